The van der Waals surface area contributed by atoms with Crippen LogP contribution in [0.5, 0.6) is 0 Å². The summed E-state index contributed by atoms with van der Waals surface area (Å²) < 4.78 is 1.38. The van der Waals surface area contributed by atoms with Crippen LogP contribution in [-0.4, -0.2) is 52.8 Å². The average Bonchev–Trinajstić information content (AvgIpc) is 3.08. The third kappa shape index (κ3) is 5.36. The van der Waals surface area contributed by atoms with Crippen molar-refractivity contribution < 1.29 is 9.59 Å². The van der Waals surface area contributed by atoms with Crippen molar-refractivity contribution in [3.8, 4) is 0 Å². The maximum absolute atomic E-state index is 11.8. The van der Waals surface area contributed by atoms with Crippen molar-refractivity contribution in [1.82, 2.24) is 20.0 Å². The fraction of sp³-hybridized carbons (Fsp3) is 0.643. The maximum Gasteiger partial charge on any atom is 0.319 e. The molecule has 1 aliphatic heterocycles. The van der Waals surface area contributed by atoms with E-state index >= 15 is 0 Å². The van der Waals surface area contributed by atoms with Gasteiger partial charge in [-0.25, -0.2) is 4.79 Å². The molecule has 22 heavy (non-hydrogen) atoms. The van der Waals surface area contributed by atoms with Crippen LogP contribution in [0, 0.1) is 5.92 Å². The summed E-state index contributed by atoms with van der Waals surface area (Å²) >= 11 is 0. The van der Waals surface area contributed by atoms with Crippen molar-refractivity contribution in [3.05, 3.63) is 12.4 Å². The summed E-state index contributed by atoms with van der Waals surface area (Å²) in [6.45, 7) is 6.08. The van der Waals surface area contributed by atoms with E-state index in [1.54, 1.807) is 6.20 Å². The van der Waals surface area contributed by atoms with Gasteiger partial charge in [0.1, 0.15) is 6.54 Å². The molecule has 1 atom stereocenters. The molecule has 3 amide bonds. The molecule has 0 spiro atoms. The zero-order valence-corrected chi connectivity index (χ0v) is 12.9. The van der Waals surface area contributed by atoms with Gasteiger partial charge in [-0.15, -0.1) is 0 Å². The number of hydrogen-bond donors (Lipinski definition) is 3. The molecule has 2 rings (SSSR count). The van der Waals surface area contributed by atoms with E-state index in [4.69, 9.17) is 5.73 Å². The second-order valence-corrected chi connectivity index (χ2v) is 5.84. The number of nitrogens with zero attached hydrogens (tertiary/aromatic N) is 3. The van der Waals surface area contributed by atoms with E-state index in [9.17, 15) is 9.59 Å². The molecule has 0 saturated carbocycles. The van der Waals surface area contributed by atoms with Gasteiger partial charge < -0.3 is 21.3 Å². The fourth-order valence-electron chi connectivity index (χ4n) is 2.59. The highest BCUT2D eigenvalue weighted by Gasteiger charge is 2.15. The predicted octanol–water partition coefficient (Wildman–Crippen LogP) is 0.222. The van der Waals surface area contributed by atoms with E-state index in [1.807, 2.05) is 0 Å². The van der Waals surface area contributed by atoms with Crippen molar-refractivity contribution in [1.29, 1.82) is 0 Å². The molecule has 1 aromatic heterocycles. The van der Waals surface area contributed by atoms with Crippen LogP contribution in [0.15, 0.2) is 12.4 Å². The molecule has 0 aromatic carbocycles. The second kappa shape index (κ2) is 7.79. The van der Waals surface area contributed by atoms with Crippen molar-refractivity contribution >= 4 is 17.6 Å². The number of anilines is 1. The Morgan fingerprint density at radius 3 is 2.82 bits per heavy atom. The third-order valence-corrected chi connectivity index (χ3v) is 3.59. The second-order valence-electron chi connectivity index (χ2n) is 5.84. The molecular formula is C14H24N6O2. The number of nitrogens with two attached hydrogens (primary N) is 1. The van der Waals surface area contributed by atoms with E-state index in [-0.39, 0.29) is 12.6 Å². The van der Waals surface area contributed by atoms with Crippen LogP contribution in [0.3, 0.4) is 0 Å². The summed E-state index contributed by atoms with van der Waals surface area (Å²) in [4.78, 5) is 25.0. The Labute approximate surface area is 130 Å². The van der Waals surface area contributed by atoms with Crippen LogP contribution in [0.25, 0.3) is 0 Å². The molecule has 1 aromatic rings. The Morgan fingerprint density at radius 1 is 1.41 bits per heavy atom. The average molecular weight is 308 g/mol. The molecule has 0 unspecified atom stereocenters. The van der Waals surface area contributed by atoms with Crippen molar-refractivity contribution in [2.24, 2.45) is 11.7 Å². The lowest BCUT2D eigenvalue weighted by molar-refractivity contribution is -0.118. The number of amides is 3. The highest BCUT2D eigenvalue weighted by molar-refractivity contribution is 5.88. The van der Waals surface area contributed by atoms with E-state index in [2.05, 4.69) is 27.6 Å². The van der Waals surface area contributed by atoms with Gasteiger partial charge in [-0.1, -0.05) is 6.92 Å². The number of carbonyl (C=O) groups is 2. The monoisotopic (exact) mass is 308 g/mol. The molecular weight excluding hydrogens is 284 g/mol. The fourth-order valence-corrected chi connectivity index (χ4v) is 2.59. The highest BCUT2D eigenvalue weighted by Crippen LogP contribution is 2.10. The minimum atomic E-state index is -0.477. The van der Waals surface area contributed by atoms with Crippen LogP contribution >= 0.6 is 0 Å². The number of aromatic nitrogens is 2. The molecule has 8 nitrogen and oxygen atoms in total. The van der Waals surface area contributed by atoms with E-state index in [0.717, 1.165) is 19.6 Å². The molecule has 1 fully saturated rings. The first-order valence-corrected chi connectivity index (χ1v) is 7.61. The summed E-state index contributed by atoms with van der Waals surface area (Å²) in [6, 6.07) is -0.271. The third-order valence-electron chi connectivity index (χ3n) is 3.59. The smallest absolute Gasteiger partial charge is 0.319 e. The highest BCUT2D eigenvalue weighted by atomic mass is 16.2. The van der Waals surface area contributed by atoms with E-state index < -0.39 is 5.91 Å². The van der Waals surface area contributed by atoms with E-state index in [1.165, 1.54) is 23.7 Å². The van der Waals surface area contributed by atoms with Crippen LogP contribution in [0.2, 0.25) is 0 Å². The van der Waals surface area contributed by atoms with Gasteiger partial charge in [0, 0.05) is 19.3 Å². The number of likely N-dealkylation sites (tertiary alicyclic amines) is 1. The quantitative estimate of drug-likeness (QED) is 0.670. The maximum atomic E-state index is 11.8. The Hall–Kier alpha value is -2.09. The summed E-state index contributed by atoms with van der Waals surface area (Å²) in [7, 11) is 0. The first-order valence-electron chi connectivity index (χ1n) is 7.61. The normalized spacial score (nSPS) is 16.4. The standard InChI is InChI=1S/C14H24N6O2/c1-11(8-19-4-2-3-5-19)6-16-14(22)18-12-7-17-20(9-12)10-13(15)21/h7,9,11H,2-6,8,10H2,1H3,(H2,15,21)(H2,16,18,22)/t11-/m1/s1. The van der Waals surface area contributed by atoms with Gasteiger partial charge in [-0.3, -0.25) is 9.48 Å². The van der Waals surface area contributed by atoms with Crippen molar-refractivity contribution in [3.63, 3.8) is 0 Å². The van der Waals surface area contributed by atoms with E-state index in [0.29, 0.717) is 18.2 Å². The van der Waals surface area contributed by atoms with Crippen molar-refractivity contribution in [2.75, 3.05) is 31.5 Å². The van der Waals surface area contributed by atoms with Crippen molar-refractivity contribution in [2.45, 2.75) is 26.3 Å². The number of carbonyl (C=O) groups excluding carboxylic acids is 2. The van der Waals surface area contributed by atoms with Crippen LogP contribution in [0.1, 0.15) is 19.8 Å². The molecule has 8 heteroatoms. The molecule has 4 N–H and O–H groups in total. The number of primary amides is 1. The van der Waals surface area contributed by atoms with Gasteiger partial charge in [-0.2, -0.15) is 5.10 Å². The largest absolute Gasteiger partial charge is 0.368 e. The Morgan fingerprint density at radius 2 is 2.14 bits per heavy atom. The molecule has 1 saturated heterocycles. The zero-order valence-electron chi connectivity index (χ0n) is 12.9. The SMILES string of the molecule is C[C@H](CNC(=O)Nc1cnn(CC(N)=O)c1)CN1CCCC1. The first-order chi connectivity index (χ1) is 10.5. The molecule has 0 aliphatic carbocycles. The number of urea groups is 1. The minimum absolute atomic E-state index is 0.00380. The van der Waals surface area contributed by atoms with Gasteiger partial charge >= 0.3 is 6.03 Å². The topological polar surface area (TPSA) is 105 Å². The van der Waals surface area contributed by atoms with Crippen LogP contribution < -0.4 is 16.4 Å². The summed E-state index contributed by atoms with van der Waals surface area (Å²) in [5.41, 5.74) is 5.61. The molecule has 0 radical (unpaired) electrons. The Bertz CT molecular complexity index is 509. The van der Waals surface area contributed by atoms with Crippen LogP contribution in [-0.2, 0) is 11.3 Å². The Kier molecular flexibility index (Phi) is 5.76. The number of rotatable bonds is 7. The van der Waals surface area contributed by atoms with Crippen LogP contribution in [0.4, 0.5) is 10.5 Å². The summed E-state index contributed by atoms with van der Waals surface area (Å²) in [5.74, 6) is -0.0729. The summed E-state index contributed by atoms with van der Waals surface area (Å²) in [6.07, 6.45) is 5.60. The lowest BCUT2D eigenvalue weighted by atomic mass is 10.1. The number of nitrogens with one attached hydrogen (secondary N) is 2. The molecule has 2 heterocycles. The molecule has 122 valence electrons. The lowest BCUT2D eigenvalue weighted by Crippen LogP contribution is -2.36. The number of hydrogen-bond acceptors (Lipinski definition) is 4. The zero-order chi connectivity index (χ0) is 15.9. The van der Waals surface area contributed by atoms with Gasteiger partial charge in [-0.05, 0) is 31.8 Å². The summed E-state index contributed by atoms with van der Waals surface area (Å²) in [5, 5.41) is 9.47. The Balaban J connectivity index is 1.68. The lowest BCUT2D eigenvalue weighted by Gasteiger charge is -2.20. The predicted molar refractivity (Wildman–Crippen MR) is 83.3 cm³/mol. The van der Waals surface area contributed by atoms with Gasteiger partial charge in [0.25, 0.3) is 0 Å². The minimum Gasteiger partial charge on any atom is -0.368 e. The first kappa shape index (κ1) is 16.3. The molecule has 0 bridgehead atoms. The molecule has 1 aliphatic rings. The van der Waals surface area contributed by atoms with Gasteiger partial charge in [0.2, 0.25) is 5.91 Å². The van der Waals surface area contributed by atoms with Gasteiger partial charge in [0.15, 0.2) is 0 Å². The van der Waals surface area contributed by atoms with Gasteiger partial charge in [0.05, 0.1) is 11.9 Å².